The van der Waals surface area contributed by atoms with Crippen molar-refractivity contribution in [3.8, 4) is 0 Å². The van der Waals surface area contributed by atoms with Gasteiger partial charge >= 0.3 is 0 Å². The minimum Gasteiger partial charge on any atom is -0.387 e. The number of anilines is 1. The Balaban J connectivity index is 1.83. The SMILES string of the molecule is CC(C)N(C)c1ccc(CNCC(O)c2ccc(F)cc2)cn1. The van der Waals surface area contributed by atoms with E-state index in [-0.39, 0.29) is 5.82 Å². The van der Waals surface area contributed by atoms with Crippen LogP contribution in [0.2, 0.25) is 0 Å². The highest BCUT2D eigenvalue weighted by atomic mass is 19.1. The molecule has 4 nitrogen and oxygen atoms in total. The van der Waals surface area contributed by atoms with Crippen LogP contribution in [0.25, 0.3) is 0 Å². The Morgan fingerprint density at radius 1 is 1.17 bits per heavy atom. The number of aromatic nitrogens is 1. The third kappa shape index (κ3) is 5.01. The second-order valence-corrected chi connectivity index (χ2v) is 5.93. The molecule has 1 aromatic carbocycles. The quantitative estimate of drug-likeness (QED) is 0.824. The summed E-state index contributed by atoms with van der Waals surface area (Å²) in [6, 6.07) is 10.3. The van der Waals surface area contributed by atoms with Gasteiger partial charge in [-0.2, -0.15) is 0 Å². The first-order chi connectivity index (χ1) is 11.0. The van der Waals surface area contributed by atoms with Crippen molar-refractivity contribution in [2.75, 3.05) is 18.5 Å². The average Bonchev–Trinajstić information content (AvgIpc) is 2.55. The van der Waals surface area contributed by atoms with Gasteiger partial charge in [0.15, 0.2) is 0 Å². The minimum absolute atomic E-state index is 0.300. The van der Waals surface area contributed by atoms with E-state index >= 15 is 0 Å². The van der Waals surface area contributed by atoms with Crippen LogP contribution in [0.3, 0.4) is 0 Å². The van der Waals surface area contributed by atoms with Crippen molar-refractivity contribution in [3.05, 3.63) is 59.5 Å². The number of rotatable bonds is 7. The maximum Gasteiger partial charge on any atom is 0.128 e. The first-order valence-corrected chi connectivity index (χ1v) is 7.79. The lowest BCUT2D eigenvalue weighted by Crippen LogP contribution is -2.26. The molecule has 0 saturated carbocycles. The van der Waals surface area contributed by atoms with Gasteiger partial charge in [0, 0.05) is 32.4 Å². The molecule has 124 valence electrons. The van der Waals surface area contributed by atoms with Crippen molar-refractivity contribution in [3.63, 3.8) is 0 Å². The van der Waals surface area contributed by atoms with Gasteiger partial charge in [0.2, 0.25) is 0 Å². The molecule has 0 aliphatic carbocycles. The highest BCUT2D eigenvalue weighted by Gasteiger charge is 2.08. The second-order valence-electron chi connectivity index (χ2n) is 5.93. The number of benzene rings is 1. The Morgan fingerprint density at radius 2 is 1.87 bits per heavy atom. The molecule has 0 saturated heterocycles. The molecule has 2 aromatic rings. The highest BCUT2D eigenvalue weighted by molar-refractivity contribution is 5.39. The fourth-order valence-electron chi connectivity index (χ4n) is 2.15. The van der Waals surface area contributed by atoms with Gasteiger partial charge in [0.1, 0.15) is 11.6 Å². The maximum absolute atomic E-state index is 12.9. The fraction of sp³-hybridized carbons (Fsp3) is 0.389. The lowest BCUT2D eigenvalue weighted by molar-refractivity contribution is 0.174. The highest BCUT2D eigenvalue weighted by Crippen LogP contribution is 2.14. The summed E-state index contributed by atoms with van der Waals surface area (Å²) in [5, 5.41) is 13.2. The summed E-state index contributed by atoms with van der Waals surface area (Å²) in [6.07, 6.45) is 1.18. The molecule has 5 heteroatoms. The summed E-state index contributed by atoms with van der Waals surface area (Å²) in [7, 11) is 2.02. The van der Waals surface area contributed by atoms with Crippen LogP contribution >= 0.6 is 0 Å². The van der Waals surface area contributed by atoms with Crippen molar-refractivity contribution in [2.45, 2.75) is 32.5 Å². The van der Waals surface area contributed by atoms with Crippen LogP contribution in [-0.4, -0.2) is 29.7 Å². The molecular weight excluding hydrogens is 293 g/mol. The molecular formula is C18H24FN3O. The van der Waals surface area contributed by atoms with Gasteiger partial charge in [-0.1, -0.05) is 18.2 Å². The van der Waals surface area contributed by atoms with E-state index in [1.54, 1.807) is 12.1 Å². The van der Waals surface area contributed by atoms with E-state index in [0.29, 0.717) is 24.7 Å². The molecule has 0 aliphatic heterocycles. The minimum atomic E-state index is -0.657. The summed E-state index contributed by atoms with van der Waals surface area (Å²) in [4.78, 5) is 6.55. The molecule has 2 N–H and O–H groups in total. The van der Waals surface area contributed by atoms with Crippen LogP contribution in [0.4, 0.5) is 10.2 Å². The summed E-state index contributed by atoms with van der Waals surface area (Å²) in [5.41, 5.74) is 1.75. The molecule has 23 heavy (non-hydrogen) atoms. The molecule has 0 fully saturated rings. The Morgan fingerprint density at radius 3 is 2.43 bits per heavy atom. The Labute approximate surface area is 137 Å². The smallest absolute Gasteiger partial charge is 0.128 e. The first-order valence-electron chi connectivity index (χ1n) is 7.79. The van der Waals surface area contributed by atoms with Crippen molar-refractivity contribution < 1.29 is 9.50 Å². The lowest BCUT2D eigenvalue weighted by Gasteiger charge is -2.22. The molecule has 0 aliphatic rings. The monoisotopic (exact) mass is 317 g/mol. The Hall–Kier alpha value is -1.98. The molecule has 0 amide bonds. The van der Waals surface area contributed by atoms with Gasteiger partial charge < -0.3 is 15.3 Å². The topological polar surface area (TPSA) is 48.4 Å². The molecule has 1 unspecified atom stereocenters. The number of nitrogens with one attached hydrogen (secondary N) is 1. The van der Waals surface area contributed by atoms with Crippen LogP contribution in [-0.2, 0) is 6.54 Å². The zero-order chi connectivity index (χ0) is 16.8. The standard InChI is InChI=1S/C18H24FN3O/c1-13(2)22(3)18-9-4-14(11-21-18)10-20-12-17(23)15-5-7-16(19)8-6-15/h4-9,11,13,17,20,23H,10,12H2,1-3H3. The van der Waals surface area contributed by atoms with E-state index in [2.05, 4.69) is 29.0 Å². The second kappa shape index (κ2) is 8.04. The number of nitrogens with zero attached hydrogens (tertiary/aromatic N) is 2. The molecule has 1 heterocycles. The van der Waals surface area contributed by atoms with Gasteiger partial charge in [-0.05, 0) is 43.2 Å². The number of pyridine rings is 1. The van der Waals surface area contributed by atoms with Crippen molar-refractivity contribution in [1.82, 2.24) is 10.3 Å². The van der Waals surface area contributed by atoms with Crippen LogP contribution in [0.1, 0.15) is 31.1 Å². The molecule has 0 radical (unpaired) electrons. The zero-order valence-corrected chi connectivity index (χ0v) is 13.8. The van der Waals surface area contributed by atoms with Gasteiger partial charge in [-0.25, -0.2) is 9.37 Å². The third-order valence-corrected chi connectivity index (χ3v) is 3.87. The predicted molar refractivity (Wildman–Crippen MR) is 90.8 cm³/mol. The number of hydrogen-bond donors (Lipinski definition) is 2. The van der Waals surface area contributed by atoms with E-state index in [1.165, 1.54) is 12.1 Å². The van der Waals surface area contributed by atoms with E-state index in [1.807, 2.05) is 25.4 Å². The Bertz CT molecular complexity index is 599. The number of halogens is 1. The Kier molecular flexibility index (Phi) is 6.07. The molecule has 1 atom stereocenters. The number of hydrogen-bond acceptors (Lipinski definition) is 4. The van der Waals surface area contributed by atoms with Crippen LogP contribution in [0.15, 0.2) is 42.6 Å². The number of aliphatic hydroxyl groups is 1. The van der Waals surface area contributed by atoms with Crippen LogP contribution < -0.4 is 10.2 Å². The van der Waals surface area contributed by atoms with Gasteiger partial charge in [-0.15, -0.1) is 0 Å². The summed E-state index contributed by atoms with van der Waals surface area (Å²) in [5.74, 6) is 0.640. The summed E-state index contributed by atoms with van der Waals surface area (Å²) >= 11 is 0. The maximum atomic E-state index is 12.9. The fourth-order valence-corrected chi connectivity index (χ4v) is 2.15. The third-order valence-electron chi connectivity index (χ3n) is 3.87. The van der Waals surface area contributed by atoms with Crippen molar-refractivity contribution in [2.24, 2.45) is 0 Å². The zero-order valence-electron chi connectivity index (χ0n) is 13.8. The normalized spacial score (nSPS) is 12.4. The van der Waals surface area contributed by atoms with Gasteiger partial charge in [-0.3, -0.25) is 0 Å². The first kappa shape index (κ1) is 17.4. The van der Waals surface area contributed by atoms with Crippen molar-refractivity contribution in [1.29, 1.82) is 0 Å². The summed E-state index contributed by atoms with van der Waals surface area (Å²) in [6.45, 7) is 5.26. The summed E-state index contributed by atoms with van der Waals surface area (Å²) < 4.78 is 12.9. The van der Waals surface area contributed by atoms with Crippen LogP contribution in [0, 0.1) is 5.82 Å². The van der Waals surface area contributed by atoms with E-state index in [0.717, 1.165) is 11.4 Å². The molecule has 1 aromatic heterocycles. The van der Waals surface area contributed by atoms with Gasteiger partial charge in [0.25, 0.3) is 0 Å². The molecule has 2 rings (SSSR count). The van der Waals surface area contributed by atoms with E-state index in [9.17, 15) is 9.50 Å². The van der Waals surface area contributed by atoms with Crippen LogP contribution in [0.5, 0.6) is 0 Å². The number of aliphatic hydroxyl groups excluding tert-OH is 1. The molecule has 0 spiro atoms. The lowest BCUT2D eigenvalue weighted by atomic mass is 10.1. The van der Waals surface area contributed by atoms with E-state index in [4.69, 9.17) is 0 Å². The van der Waals surface area contributed by atoms with Crippen molar-refractivity contribution >= 4 is 5.82 Å². The van der Waals surface area contributed by atoms with E-state index < -0.39 is 6.10 Å². The molecule has 0 bridgehead atoms. The predicted octanol–water partition coefficient (Wildman–Crippen LogP) is 2.89. The average molecular weight is 317 g/mol. The largest absolute Gasteiger partial charge is 0.387 e. The van der Waals surface area contributed by atoms with Gasteiger partial charge in [0.05, 0.1) is 6.10 Å².